The molecule has 2 unspecified atom stereocenters. The molecule has 5 nitrogen and oxygen atoms in total. The van der Waals surface area contributed by atoms with E-state index >= 15 is 0 Å². The largest absolute Gasteiger partial charge is 0.359 e. The number of aryl methyl sites for hydroxylation is 1. The van der Waals surface area contributed by atoms with Crippen molar-refractivity contribution in [3.8, 4) is 0 Å². The number of nitrogens with zero attached hydrogens (tertiary/aromatic N) is 2. The van der Waals surface area contributed by atoms with E-state index in [1.807, 2.05) is 6.07 Å². The molecule has 5 heteroatoms. The zero-order valence-corrected chi connectivity index (χ0v) is 15.5. The van der Waals surface area contributed by atoms with Crippen LogP contribution in [0.25, 0.3) is 0 Å². The van der Waals surface area contributed by atoms with Gasteiger partial charge in [-0.15, -0.1) is 0 Å². The van der Waals surface area contributed by atoms with Gasteiger partial charge >= 0.3 is 0 Å². The Bertz CT molecular complexity index is 735. The Morgan fingerprint density at radius 2 is 2.16 bits per heavy atom. The second-order valence-corrected chi connectivity index (χ2v) is 7.02. The van der Waals surface area contributed by atoms with Gasteiger partial charge in [-0.25, -0.2) is 4.99 Å². The molecule has 0 spiro atoms. The predicted octanol–water partition coefficient (Wildman–Crippen LogP) is 3.72. The lowest BCUT2D eigenvalue weighted by atomic mass is 10.0. The van der Waals surface area contributed by atoms with E-state index in [-0.39, 0.29) is 0 Å². The van der Waals surface area contributed by atoms with Gasteiger partial charge in [-0.2, -0.15) is 0 Å². The van der Waals surface area contributed by atoms with Gasteiger partial charge in [0.25, 0.3) is 0 Å². The summed E-state index contributed by atoms with van der Waals surface area (Å²) < 4.78 is 5.37. The maximum absolute atomic E-state index is 5.37. The van der Waals surface area contributed by atoms with Gasteiger partial charge in [0.2, 0.25) is 0 Å². The van der Waals surface area contributed by atoms with Crippen LogP contribution < -0.4 is 10.6 Å². The summed E-state index contributed by atoms with van der Waals surface area (Å²) in [4.78, 5) is 4.65. The van der Waals surface area contributed by atoms with Crippen molar-refractivity contribution in [3.63, 3.8) is 0 Å². The predicted molar refractivity (Wildman–Crippen MR) is 101 cm³/mol. The fourth-order valence-corrected chi connectivity index (χ4v) is 3.03. The minimum Gasteiger partial charge on any atom is -0.359 e. The summed E-state index contributed by atoms with van der Waals surface area (Å²) in [7, 11) is 0. The molecular weight excluding hydrogens is 312 g/mol. The highest BCUT2D eigenvalue weighted by Gasteiger charge is 2.39. The van der Waals surface area contributed by atoms with Crippen LogP contribution >= 0.6 is 0 Å². The zero-order chi connectivity index (χ0) is 17.8. The molecule has 1 aliphatic rings. The fraction of sp³-hybridized carbons (Fsp3) is 0.500. The van der Waals surface area contributed by atoms with Crippen molar-refractivity contribution in [2.45, 2.75) is 58.5 Å². The number of aromatic nitrogens is 1. The zero-order valence-electron chi connectivity index (χ0n) is 15.5. The number of rotatable bonds is 6. The van der Waals surface area contributed by atoms with Crippen LogP contribution in [0.5, 0.6) is 0 Å². The van der Waals surface area contributed by atoms with Gasteiger partial charge in [0, 0.05) is 24.6 Å². The third-order valence-electron chi connectivity index (χ3n) is 4.61. The Morgan fingerprint density at radius 1 is 1.36 bits per heavy atom. The number of guanidine groups is 1. The van der Waals surface area contributed by atoms with Crippen LogP contribution in [0.15, 0.2) is 39.8 Å². The van der Waals surface area contributed by atoms with Gasteiger partial charge in [0.15, 0.2) is 11.7 Å². The first kappa shape index (κ1) is 17.5. The van der Waals surface area contributed by atoms with Gasteiger partial charge in [0.1, 0.15) is 6.54 Å². The quantitative estimate of drug-likeness (QED) is 0.621. The van der Waals surface area contributed by atoms with E-state index in [0.29, 0.717) is 24.4 Å². The molecule has 0 radical (unpaired) electrons. The summed E-state index contributed by atoms with van der Waals surface area (Å²) >= 11 is 0. The van der Waals surface area contributed by atoms with E-state index in [9.17, 15) is 0 Å². The van der Waals surface area contributed by atoms with Crippen molar-refractivity contribution in [2.75, 3.05) is 6.54 Å². The minimum atomic E-state index is 0.370. The fourth-order valence-electron chi connectivity index (χ4n) is 3.03. The molecule has 0 aliphatic heterocycles. The van der Waals surface area contributed by atoms with Gasteiger partial charge in [-0.1, -0.05) is 43.3 Å². The molecule has 1 saturated carbocycles. The van der Waals surface area contributed by atoms with Crippen molar-refractivity contribution in [3.05, 3.63) is 52.9 Å². The van der Waals surface area contributed by atoms with Gasteiger partial charge < -0.3 is 15.2 Å². The lowest BCUT2D eigenvalue weighted by molar-refractivity contribution is 0.376. The molecule has 2 aromatic rings. The number of hydrogen-bond donors (Lipinski definition) is 2. The van der Waals surface area contributed by atoms with E-state index in [2.05, 4.69) is 72.7 Å². The molecule has 1 aromatic carbocycles. The number of benzene rings is 1. The molecular formula is C20H28N4O. The molecule has 1 fully saturated rings. The van der Waals surface area contributed by atoms with Crippen LogP contribution in [0.2, 0.25) is 0 Å². The second kappa shape index (κ2) is 7.72. The highest BCUT2D eigenvalue weighted by atomic mass is 16.5. The molecule has 25 heavy (non-hydrogen) atoms. The molecule has 2 N–H and O–H groups in total. The average Bonchev–Trinajstić information content (AvgIpc) is 3.17. The summed E-state index contributed by atoms with van der Waals surface area (Å²) in [5, 5.41) is 11.0. The molecule has 0 bridgehead atoms. The second-order valence-electron chi connectivity index (χ2n) is 7.02. The normalized spacial score (nSPS) is 20.0. The highest BCUT2D eigenvalue weighted by Crippen LogP contribution is 2.42. The molecule has 0 saturated heterocycles. The first-order valence-corrected chi connectivity index (χ1v) is 9.14. The SMILES string of the molecule is CCNC(=NCc1cc(C(C)C)no1)NC1CC1c1ccccc1C. The highest BCUT2D eigenvalue weighted by molar-refractivity contribution is 5.80. The van der Waals surface area contributed by atoms with Crippen molar-refractivity contribution < 1.29 is 4.52 Å². The van der Waals surface area contributed by atoms with Crippen LogP contribution in [-0.4, -0.2) is 23.7 Å². The first-order valence-electron chi connectivity index (χ1n) is 9.14. The Balaban J connectivity index is 1.61. The summed E-state index contributed by atoms with van der Waals surface area (Å²) in [6, 6.07) is 11.1. The van der Waals surface area contributed by atoms with Gasteiger partial charge in [-0.05, 0) is 37.3 Å². The van der Waals surface area contributed by atoms with Crippen LogP contribution in [0, 0.1) is 6.92 Å². The molecule has 1 heterocycles. The Morgan fingerprint density at radius 3 is 2.84 bits per heavy atom. The molecule has 1 aliphatic carbocycles. The Hall–Kier alpha value is -2.30. The first-order chi connectivity index (χ1) is 12.1. The Labute approximate surface area is 149 Å². The lowest BCUT2D eigenvalue weighted by Gasteiger charge is -2.11. The molecule has 1 aromatic heterocycles. The number of nitrogens with one attached hydrogen (secondary N) is 2. The van der Waals surface area contributed by atoms with Crippen LogP contribution in [0.1, 0.15) is 61.6 Å². The molecule has 0 amide bonds. The molecule has 3 rings (SSSR count). The van der Waals surface area contributed by atoms with Crippen LogP contribution in [0.3, 0.4) is 0 Å². The number of hydrogen-bond acceptors (Lipinski definition) is 3. The van der Waals surface area contributed by atoms with E-state index in [4.69, 9.17) is 4.52 Å². The van der Waals surface area contributed by atoms with Crippen molar-refractivity contribution in [1.29, 1.82) is 0 Å². The summed E-state index contributed by atoms with van der Waals surface area (Å²) in [6.45, 7) is 9.80. The summed E-state index contributed by atoms with van der Waals surface area (Å²) in [5.41, 5.74) is 3.78. The summed E-state index contributed by atoms with van der Waals surface area (Å²) in [6.07, 6.45) is 1.15. The van der Waals surface area contributed by atoms with Crippen molar-refractivity contribution >= 4 is 5.96 Å². The third kappa shape index (κ3) is 4.41. The van der Waals surface area contributed by atoms with Crippen LogP contribution in [0.4, 0.5) is 0 Å². The summed E-state index contributed by atoms with van der Waals surface area (Å²) in [5.74, 6) is 2.58. The Kier molecular flexibility index (Phi) is 5.41. The monoisotopic (exact) mass is 340 g/mol. The molecule has 2 atom stereocenters. The average molecular weight is 340 g/mol. The topological polar surface area (TPSA) is 62.5 Å². The van der Waals surface area contributed by atoms with Gasteiger partial charge in [0.05, 0.1) is 5.69 Å². The van der Waals surface area contributed by atoms with Crippen molar-refractivity contribution in [2.24, 2.45) is 4.99 Å². The maximum atomic E-state index is 5.37. The third-order valence-corrected chi connectivity index (χ3v) is 4.61. The van der Waals surface area contributed by atoms with Crippen LogP contribution in [-0.2, 0) is 6.54 Å². The van der Waals surface area contributed by atoms with Gasteiger partial charge in [-0.3, -0.25) is 0 Å². The molecule has 134 valence electrons. The van der Waals surface area contributed by atoms with Crippen molar-refractivity contribution in [1.82, 2.24) is 15.8 Å². The minimum absolute atomic E-state index is 0.370. The maximum Gasteiger partial charge on any atom is 0.191 e. The van der Waals surface area contributed by atoms with E-state index in [0.717, 1.165) is 30.4 Å². The standard InChI is InChI=1S/C20H28N4O/c1-5-21-20(22-12-15-10-18(13(2)3)24-25-15)23-19-11-17(19)16-9-7-6-8-14(16)4/h6-10,13,17,19H,5,11-12H2,1-4H3,(H2,21,22,23). The number of aliphatic imine (C=N–C) groups is 1. The van der Waals surface area contributed by atoms with E-state index in [1.165, 1.54) is 11.1 Å². The lowest BCUT2D eigenvalue weighted by Crippen LogP contribution is -2.39. The van der Waals surface area contributed by atoms with E-state index < -0.39 is 0 Å². The smallest absolute Gasteiger partial charge is 0.191 e. The van der Waals surface area contributed by atoms with E-state index in [1.54, 1.807) is 0 Å².